The van der Waals surface area contributed by atoms with Crippen molar-refractivity contribution in [3.8, 4) is 0 Å². The third-order valence-electron chi connectivity index (χ3n) is 1.99. The van der Waals surface area contributed by atoms with Gasteiger partial charge in [0.1, 0.15) is 0 Å². The van der Waals surface area contributed by atoms with E-state index in [0.29, 0.717) is 6.42 Å². The Kier molecular flexibility index (Phi) is 13.0. The number of hydrogen-bond acceptors (Lipinski definition) is 3. The minimum absolute atomic E-state index is 0.341. The van der Waals surface area contributed by atoms with E-state index in [1.165, 1.54) is 32.1 Å². The van der Waals surface area contributed by atoms with E-state index in [0.717, 1.165) is 12.8 Å². The molecule has 0 aromatic carbocycles. The number of unbranched alkanes of at least 4 members (excludes halogenated alkanes) is 6. The zero-order chi connectivity index (χ0) is 13.7. The lowest BCUT2D eigenvalue weighted by molar-refractivity contribution is -0.137. The molecule has 7 heteroatoms. The summed E-state index contributed by atoms with van der Waals surface area (Å²) in [6.07, 6.45) is 8.64. The monoisotopic (exact) mass is 270 g/mol. The molecule has 0 fully saturated rings. The maximum Gasteiger partial charge on any atom is 0.394 e. The van der Waals surface area contributed by atoms with Gasteiger partial charge in [0.05, 0.1) is 0 Å². The first-order valence-corrected chi connectivity index (χ1v) is 7.08. The average molecular weight is 270 g/mol. The Bertz CT molecular complexity index is 265. The Hall–Kier alpha value is -0.660. The highest BCUT2D eigenvalue weighted by atomic mass is 32.3. The van der Waals surface area contributed by atoms with Crippen molar-refractivity contribution in [2.75, 3.05) is 0 Å². The van der Waals surface area contributed by atoms with Crippen LogP contribution < -0.4 is 0 Å². The lowest BCUT2D eigenvalue weighted by Gasteiger charge is -1.98. The molecule has 0 atom stereocenters. The number of hydrogen-bond donors (Lipinski definition) is 3. The van der Waals surface area contributed by atoms with Crippen LogP contribution >= 0.6 is 0 Å². The van der Waals surface area contributed by atoms with Gasteiger partial charge < -0.3 is 5.11 Å². The van der Waals surface area contributed by atoms with Gasteiger partial charge in [0.2, 0.25) is 0 Å². The van der Waals surface area contributed by atoms with E-state index < -0.39 is 16.4 Å². The minimum atomic E-state index is -4.67. The second-order valence-electron chi connectivity index (χ2n) is 3.71. The molecule has 0 aliphatic carbocycles. The first-order chi connectivity index (χ1) is 7.77. The van der Waals surface area contributed by atoms with Gasteiger partial charge in [0.15, 0.2) is 0 Å². The van der Waals surface area contributed by atoms with Gasteiger partial charge in [0.25, 0.3) is 0 Å². The number of carboxylic acids is 1. The van der Waals surface area contributed by atoms with Crippen molar-refractivity contribution in [3.05, 3.63) is 0 Å². The third kappa shape index (κ3) is 39.2. The molecular weight excluding hydrogens is 248 g/mol. The molecule has 0 spiro atoms. The third-order valence-corrected chi connectivity index (χ3v) is 1.99. The Labute approximate surface area is 103 Å². The number of rotatable bonds is 8. The fourth-order valence-electron chi connectivity index (χ4n) is 1.23. The molecule has 0 aromatic rings. The molecule has 0 aliphatic rings. The maximum absolute atomic E-state index is 10.1. The molecule has 3 N–H and O–H groups in total. The summed E-state index contributed by atoms with van der Waals surface area (Å²) in [7, 11) is -4.67. The van der Waals surface area contributed by atoms with Crippen LogP contribution in [0.1, 0.15) is 58.3 Å². The molecule has 0 aromatic heterocycles. The van der Waals surface area contributed by atoms with Crippen molar-refractivity contribution in [1.29, 1.82) is 0 Å². The second-order valence-corrected chi connectivity index (χ2v) is 4.61. The smallest absolute Gasteiger partial charge is 0.394 e. The Morgan fingerprint density at radius 3 is 1.65 bits per heavy atom. The molecule has 17 heavy (non-hydrogen) atoms. The van der Waals surface area contributed by atoms with Crippen LogP contribution in [0.5, 0.6) is 0 Å². The van der Waals surface area contributed by atoms with Crippen molar-refractivity contribution < 1.29 is 27.4 Å². The molecule has 0 heterocycles. The number of carboxylic acid groups (broad SMARTS) is 1. The first-order valence-electron chi connectivity index (χ1n) is 5.69. The van der Waals surface area contributed by atoms with E-state index >= 15 is 0 Å². The summed E-state index contributed by atoms with van der Waals surface area (Å²) >= 11 is 0. The summed E-state index contributed by atoms with van der Waals surface area (Å²) in [6.45, 7) is 2.20. The van der Waals surface area contributed by atoms with E-state index in [1.807, 2.05) is 0 Å². The molecule has 0 saturated carbocycles. The molecular formula is C10H22O6S. The molecule has 0 rings (SSSR count). The van der Waals surface area contributed by atoms with Gasteiger partial charge >= 0.3 is 16.4 Å². The molecule has 0 radical (unpaired) electrons. The van der Waals surface area contributed by atoms with Crippen LogP contribution in [0.4, 0.5) is 0 Å². The first kappa shape index (κ1) is 18.7. The fourth-order valence-corrected chi connectivity index (χ4v) is 1.23. The average Bonchev–Trinajstić information content (AvgIpc) is 2.13. The normalized spacial score (nSPS) is 10.5. The van der Waals surface area contributed by atoms with E-state index in [1.54, 1.807) is 0 Å². The van der Waals surface area contributed by atoms with Crippen LogP contribution in [-0.4, -0.2) is 28.6 Å². The highest BCUT2D eigenvalue weighted by Gasteiger charge is 1.95. The van der Waals surface area contributed by atoms with Crippen molar-refractivity contribution in [2.24, 2.45) is 0 Å². The van der Waals surface area contributed by atoms with Crippen LogP contribution in [0.15, 0.2) is 0 Å². The Balaban J connectivity index is 0. The summed E-state index contributed by atoms with van der Waals surface area (Å²) in [6, 6.07) is 0. The van der Waals surface area contributed by atoms with Gasteiger partial charge in [-0.1, -0.05) is 45.4 Å². The van der Waals surface area contributed by atoms with E-state index in [4.69, 9.17) is 22.6 Å². The zero-order valence-corrected chi connectivity index (χ0v) is 10.9. The molecule has 0 saturated heterocycles. The summed E-state index contributed by atoms with van der Waals surface area (Å²) in [5, 5.41) is 8.35. The quantitative estimate of drug-likeness (QED) is 0.461. The molecule has 0 aliphatic heterocycles. The highest BCUT2D eigenvalue weighted by molar-refractivity contribution is 7.79. The van der Waals surface area contributed by atoms with Crippen LogP contribution in [0.25, 0.3) is 0 Å². The standard InChI is InChI=1S/C10H20O2.H2O4S/c1-2-3-4-5-6-7-8-9-10(11)12;1-5(2,3)4/h2-9H2,1H3,(H,11,12);(H2,1,2,3,4). The Morgan fingerprint density at radius 2 is 1.29 bits per heavy atom. The van der Waals surface area contributed by atoms with Crippen LogP contribution in [0.2, 0.25) is 0 Å². The van der Waals surface area contributed by atoms with Crippen LogP contribution in [-0.2, 0) is 15.2 Å². The van der Waals surface area contributed by atoms with E-state index in [-0.39, 0.29) is 0 Å². The molecule has 6 nitrogen and oxygen atoms in total. The van der Waals surface area contributed by atoms with E-state index in [9.17, 15) is 4.79 Å². The van der Waals surface area contributed by atoms with Gasteiger partial charge in [-0.25, -0.2) is 0 Å². The topological polar surface area (TPSA) is 112 Å². The molecule has 0 bridgehead atoms. The lowest BCUT2D eigenvalue weighted by atomic mass is 10.1. The summed E-state index contributed by atoms with van der Waals surface area (Å²) < 4.78 is 31.6. The predicted molar refractivity (Wildman–Crippen MR) is 64.4 cm³/mol. The lowest BCUT2D eigenvalue weighted by Crippen LogP contribution is -1.93. The SMILES string of the molecule is CCCCCCCCCC(=O)O.O=S(=O)(O)O. The summed E-state index contributed by atoms with van der Waals surface area (Å²) in [4.78, 5) is 10.1. The van der Waals surface area contributed by atoms with Crippen molar-refractivity contribution >= 4 is 16.4 Å². The maximum atomic E-state index is 10.1. The van der Waals surface area contributed by atoms with Crippen molar-refractivity contribution in [2.45, 2.75) is 58.3 Å². The minimum Gasteiger partial charge on any atom is -0.481 e. The molecule has 0 unspecified atom stereocenters. The molecule has 0 amide bonds. The summed E-state index contributed by atoms with van der Waals surface area (Å²) in [5.41, 5.74) is 0. The van der Waals surface area contributed by atoms with Crippen LogP contribution in [0, 0.1) is 0 Å². The largest absolute Gasteiger partial charge is 0.481 e. The van der Waals surface area contributed by atoms with Crippen molar-refractivity contribution in [1.82, 2.24) is 0 Å². The molecule has 104 valence electrons. The van der Waals surface area contributed by atoms with Crippen LogP contribution in [0.3, 0.4) is 0 Å². The predicted octanol–water partition coefficient (Wildman–Crippen LogP) is 2.56. The van der Waals surface area contributed by atoms with Gasteiger partial charge in [-0.2, -0.15) is 8.42 Å². The van der Waals surface area contributed by atoms with Crippen molar-refractivity contribution in [3.63, 3.8) is 0 Å². The van der Waals surface area contributed by atoms with Gasteiger partial charge in [-0.15, -0.1) is 0 Å². The summed E-state index contributed by atoms with van der Waals surface area (Å²) in [5.74, 6) is -0.663. The van der Waals surface area contributed by atoms with Gasteiger partial charge in [-0.3, -0.25) is 13.9 Å². The van der Waals surface area contributed by atoms with E-state index in [2.05, 4.69) is 6.92 Å². The Morgan fingerprint density at radius 1 is 0.941 bits per heavy atom. The number of carbonyl (C=O) groups is 1. The second kappa shape index (κ2) is 11.8. The fraction of sp³-hybridized carbons (Fsp3) is 0.900. The van der Waals surface area contributed by atoms with Gasteiger partial charge in [-0.05, 0) is 6.42 Å². The number of aliphatic carboxylic acids is 1. The highest BCUT2D eigenvalue weighted by Crippen LogP contribution is 2.07. The zero-order valence-electron chi connectivity index (χ0n) is 10.1. The van der Waals surface area contributed by atoms with Gasteiger partial charge in [0, 0.05) is 6.42 Å².